The molecule has 0 amide bonds. The van der Waals surface area contributed by atoms with Crippen molar-refractivity contribution >= 4 is 16.6 Å². The van der Waals surface area contributed by atoms with Crippen molar-refractivity contribution in [1.29, 1.82) is 5.26 Å². The highest BCUT2D eigenvalue weighted by atomic mass is 19.1. The molecule has 0 radical (unpaired) electrons. The molecule has 2 rings (SSSR count). The van der Waals surface area contributed by atoms with Gasteiger partial charge in [-0.3, -0.25) is 4.79 Å². The molecular weight excluding hydrogens is 221 g/mol. The van der Waals surface area contributed by atoms with Crippen molar-refractivity contribution in [3.63, 3.8) is 0 Å². The van der Waals surface area contributed by atoms with Gasteiger partial charge in [-0.1, -0.05) is 0 Å². The van der Waals surface area contributed by atoms with E-state index < -0.39 is 11.2 Å². The zero-order chi connectivity index (χ0) is 12.6. The van der Waals surface area contributed by atoms with Gasteiger partial charge in [0, 0.05) is 12.7 Å². The fraction of sp³-hybridized carbons (Fsp3) is 0.167. The molecule has 4 nitrogen and oxygen atoms in total. The molecule has 0 aliphatic rings. The topological polar surface area (TPSA) is 71.8 Å². The van der Waals surface area contributed by atoms with Crippen molar-refractivity contribution in [1.82, 2.24) is 4.57 Å². The number of nitrogens with two attached hydrogens (primary N) is 1. The summed E-state index contributed by atoms with van der Waals surface area (Å²) in [5.41, 5.74) is 5.35. The Hall–Kier alpha value is -2.35. The van der Waals surface area contributed by atoms with Gasteiger partial charge in [0.15, 0.2) is 0 Å². The van der Waals surface area contributed by atoms with E-state index >= 15 is 0 Å². The predicted molar refractivity (Wildman–Crippen MR) is 63.0 cm³/mol. The van der Waals surface area contributed by atoms with Gasteiger partial charge in [0.25, 0.3) is 0 Å². The molecule has 0 saturated carbocycles. The fourth-order valence-corrected chi connectivity index (χ4v) is 1.82. The van der Waals surface area contributed by atoms with Gasteiger partial charge in [-0.05, 0) is 19.1 Å². The van der Waals surface area contributed by atoms with E-state index in [1.165, 1.54) is 18.3 Å². The first-order valence-electron chi connectivity index (χ1n) is 5.11. The Morgan fingerprint density at radius 2 is 2.24 bits per heavy atom. The molecule has 0 saturated heterocycles. The van der Waals surface area contributed by atoms with E-state index in [-0.39, 0.29) is 16.6 Å². The number of pyridine rings is 1. The molecule has 0 unspecified atom stereocenters. The Morgan fingerprint density at radius 3 is 2.82 bits per heavy atom. The smallest absolute Gasteiger partial charge is 0.209 e. The second-order valence-corrected chi connectivity index (χ2v) is 3.62. The zero-order valence-corrected chi connectivity index (χ0v) is 9.20. The van der Waals surface area contributed by atoms with Gasteiger partial charge in [-0.2, -0.15) is 5.26 Å². The number of nitriles is 1. The Bertz CT molecular complexity index is 697. The first kappa shape index (κ1) is 11.1. The summed E-state index contributed by atoms with van der Waals surface area (Å²) in [7, 11) is 0. The van der Waals surface area contributed by atoms with Crippen LogP contribution >= 0.6 is 0 Å². The highest BCUT2D eigenvalue weighted by Crippen LogP contribution is 2.21. The summed E-state index contributed by atoms with van der Waals surface area (Å²) in [6.07, 6.45) is 1.46. The summed E-state index contributed by atoms with van der Waals surface area (Å²) in [6.45, 7) is 2.43. The average Bonchev–Trinajstić information content (AvgIpc) is 2.34. The highest BCUT2D eigenvalue weighted by molar-refractivity contribution is 5.91. The maximum Gasteiger partial charge on any atom is 0.209 e. The molecule has 1 aromatic carbocycles. The van der Waals surface area contributed by atoms with Crippen LogP contribution in [0.4, 0.5) is 10.1 Å². The minimum Gasteiger partial charge on any atom is -0.396 e. The van der Waals surface area contributed by atoms with E-state index in [1.807, 2.05) is 6.92 Å². The molecule has 2 aromatic rings. The fourth-order valence-electron chi connectivity index (χ4n) is 1.82. The molecule has 5 heteroatoms. The number of aromatic nitrogens is 1. The number of rotatable bonds is 1. The summed E-state index contributed by atoms with van der Waals surface area (Å²) in [6, 6.07) is 4.51. The van der Waals surface area contributed by atoms with Crippen molar-refractivity contribution in [2.75, 3.05) is 5.73 Å². The molecule has 0 fully saturated rings. The molecule has 17 heavy (non-hydrogen) atoms. The summed E-state index contributed by atoms with van der Waals surface area (Å²) < 4.78 is 15.0. The quantitative estimate of drug-likeness (QED) is 0.758. The number of halogens is 1. The average molecular weight is 231 g/mol. The van der Waals surface area contributed by atoms with Crippen molar-refractivity contribution in [2.24, 2.45) is 0 Å². The second-order valence-electron chi connectivity index (χ2n) is 3.62. The van der Waals surface area contributed by atoms with Gasteiger partial charge in [0.1, 0.15) is 17.4 Å². The van der Waals surface area contributed by atoms with Crippen molar-refractivity contribution in [2.45, 2.75) is 13.5 Å². The minimum absolute atomic E-state index is 0.0309. The molecule has 1 heterocycles. The summed E-state index contributed by atoms with van der Waals surface area (Å²) in [5, 5.41) is 8.94. The first-order valence-corrected chi connectivity index (χ1v) is 5.11. The van der Waals surface area contributed by atoms with Gasteiger partial charge in [0.2, 0.25) is 5.43 Å². The van der Waals surface area contributed by atoms with Gasteiger partial charge in [-0.15, -0.1) is 0 Å². The third kappa shape index (κ3) is 1.54. The standard InChI is InChI=1S/C12H10FN3O/c1-2-16-6-7(5-14)12(17)10-9(16)4-3-8(13)11(10)15/h3-4,6H,2,15H2,1H3. The summed E-state index contributed by atoms with van der Waals surface area (Å²) >= 11 is 0. The van der Waals surface area contributed by atoms with Crippen LogP contribution in [0, 0.1) is 17.1 Å². The largest absolute Gasteiger partial charge is 0.396 e. The lowest BCUT2D eigenvalue weighted by Gasteiger charge is -2.10. The summed E-state index contributed by atoms with van der Waals surface area (Å²) in [4.78, 5) is 11.9. The maximum atomic E-state index is 13.3. The SMILES string of the molecule is CCn1cc(C#N)c(=O)c2c(N)c(F)ccc21. The normalized spacial score (nSPS) is 10.4. The van der Waals surface area contributed by atoms with E-state index in [4.69, 9.17) is 11.0 Å². The molecule has 0 bridgehead atoms. The lowest BCUT2D eigenvalue weighted by molar-refractivity contribution is 0.633. The number of hydrogen-bond donors (Lipinski definition) is 1. The predicted octanol–water partition coefficient (Wildman–Crippen LogP) is 1.61. The van der Waals surface area contributed by atoms with Crippen LogP contribution in [0.15, 0.2) is 23.1 Å². The van der Waals surface area contributed by atoms with E-state index in [9.17, 15) is 9.18 Å². The number of fused-ring (bicyclic) bond motifs is 1. The Morgan fingerprint density at radius 1 is 1.53 bits per heavy atom. The number of aryl methyl sites for hydroxylation is 1. The number of anilines is 1. The molecule has 0 spiro atoms. The van der Waals surface area contributed by atoms with E-state index in [0.29, 0.717) is 12.1 Å². The number of nitrogen functional groups attached to an aromatic ring is 1. The third-order valence-corrected chi connectivity index (χ3v) is 2.70. The van der Waals surface area contributed by atoms with Gasteiger partial charge < -0.3 is 10.3 Å². The minimum atomic E-state index is -0.646. The lowest BCUT2D eigenvalue weighted by Crippen LogP contribution is -2.14. The molecular formula is C12H10FN3O. The van der Waals surface area contributed by atoms with Gasteiger partial charge in [0.05, 0.1) is 16.6 Å². The number of hydrogen-bond acceptors (Lipinski definition) is 3. The van der Waals surface area contributed by atoms with Crippen LogP contribution in [0.5, 0.6) is 0 Å². The molecule has 86 valence electrons. The Kier molecular flexibility index (Phi) is 2.56. The molecule has 2 N–H and O–H groups in total. The van der Waals surface area contributed by atoms with Gasteiger partial charge >= 0.3 is 0 Å². The monoisotopic (exact) mass is 231 g/mol. The number of benzene rings is 1. The molecule has 1 aromatic heterocycles. The van der Waals surface area contributed by atoms with E-state index in [2.05, 4.69) is 0 Å². The van der Waals surface area contributed by atoms with Crippen LogP contribution in [0.2, 0.25) is 0 Å². The Balaban J connectivity index is 3.08. The molecule has 0 aliphatic heterocycles. The second kappa shape index (κ2) is 3.91. The molecule has 0 atom stereocenters. The highest BCUT2D eigenvalue weighted by Gasteiger charge is 2.13. The molecule has 0 aliphatic carbocycles. The van der Waals surface area contributed by atoms with Crippen LogP contribution in [0.25, 0.3) is 10.9 Å². The van der Waals surface area contributed by atoms with Crippen LogP contribution < -0.4 is 11.2 Å². The van der Waals surface area contributed by atoms with Crippen molar-refractivity contribution in [3.05, 3.63) is 39.9 Å². The number of nitrogens with zero attached hydrogens (tertiary/aromatic N) is 2. The van der Waals surface area contributed by atoms with Crippen LogP contribution in [0.1, 0.15) is 12.5 Å². The van der Waals surface area contributed by atoms with Crippen molar-refractivity contribution < 1.29 is 4.39 Å². The lowest BCUT2D eigenvalue weighted by atomic mass is 10.1. The van der Waals surface area contributed by atoms with E-state index in [1.54, 1.807) is 10.6 Å². The van der Waals surface area contributed by atoms with Crippen LogP contribution in [0.3, 0.4) is 0 Å². The van der Waals surface area contributed by atoms with E-state index in [0.717, 1.165) is 0 Å². The zero-order valence-electron chi connectivity index (χ0n) is 9.20. The first-order chi connectivity index (χ1) is 8.10. The maximum absolute atomic E-state index is 13.3. The summed E-state index contributed by atoms with van der Waals surface area (Å²) in [5.74, 6) is -0.646. The van der Waals surface area contributed by atoms with Crippen molar-refractivity contribution in [3.8, 4) is 6.07 Å². The van der Waals surface area contributed by atoms with Gasteiger partial charge in [-0.25, -0.2) is 4.39 Å². The van der Waals surface area contributed by atoms with Crippen LogP contribution in [-0.2, 0) is 6.54 Å². The Labute approximate surface area is 96.7 Å². The third-order valence-electron chi connectivity index (χ3n) is 2.70. The van der Waals surface area contributed by atoms with Crippen LogP contribution in [-0.4, -0.2) is 4.57 Å².